The summed E-state index contributed by atoms with van der Waals surface area (Å²) in [5.41, 5.74) is 4.63. The molecule has 0 aliphatic carbocycles. The van der Waals surface area contributed by atoms with E-state index in [1.54, 1.807) is 6.92 Å². The van der Waals surface area contributed by atoms with E-state index < -0.39 is 5.54 Å². The maximum atomic E-state index is 8.50. The van der Waals surface area contributed by atoms with Gasteiger partial charge in [-0.3, -0.25) is 0 Å². The summed E-state index contributed by atoms with van der Waals surface area (Å²) >= 11 is 0. The molecule has 70 valence electrons. The molecular weight excluding hydrogens is 146 g/mol. The van der Waals surface area contributed by atoms with E-state index in [0.717, 1.165) is 0 Å². The molecule has 0 radical (unpaired) electrons. The highest BCUT2D eigenvalue weighted by atomic mass is 16.3. The fourth-order valence-electron chi connectivity index (χ4n) is 0.274. The lowest BCUT2D eigenvalue weighted by Crippen LogP contribution is -2.46. The van der Waals surface area contributed by atoms with Crippen LogP contribution in [0.5, 0.6) is 0 Å². The minimum Gasteiger partial charge on any atom is -0.397 e. The number of nitrogens with two attached hydrogens (primary N) is 1. The van der Waals surface area contributed by atoms with Crippen LogP contribution in [0, 0.1) is 0 Å². The van der Waals surface area contributed by atoms with E-state index in [4.69, 9.17) is 21.1 Å². The van der Waals surface area contributed by atoms with Crippen molar-refractivity contribution in [1.29, 1.82) is 0 Å². The van der Waals surface area contributed by atoms with Crippen molar-refractivity contribution in [2.75, 3.05) is 19.8 Å². The Morgan fingerprint density at radius 3 is 1.36 bits per heavy atom. The third-order valence-electron chi connectivity index (χ3n) is 1.33. The van der Waals surface area contributed by atoms with E-state index in [0.29, 0.717) is 6.42 Å². The second-order valence-corrected chi connectivity index (χ2v) is 2.35. The Morgan fingerprint density at radius 1 is 1.09 bits per heavy atom. The van der Waals surface area contributed by atoms with Crippen molar-refractivity contribution in [3.05, 3.63) is 0 Å². The molecule has 0 atom stereocenters. The molecule has 0 saturated heterocycles. The fraction of sp³-hybridized carbons (Fsp3) is 1.00. The van der Waals surface area contributed by atoms with Gasteiger partial charge in [0.1, 0.15) is 0 Å². The molecule has 11 heavy (non-hydrogen) atoms. The van der Waals surface area contributed by atoms with Crippen LogP contribution in [-0.2, 0) is 0 Å². The summed E-state index contributed by atoms with van der Waals surface area (Å²) in [5.74, 6) is 0. The normalized spacial score (nSPS) is 10.4. The SMILES string of the molecule is CCC(N)(CO)CO.CCO. The van der Waals surface area contributed by atoms with Crippen LogP contribution in [0.4, 0.5) is 0 Å². The van der Waals surface area contributed by atoms with Gasteiger partial charge in [0.25, 0.3) is 0 Å². The topological polar surface area (TPSA) is 86.7 Å². The summed E-state index contributed by atoms with van der Waals surface area (Å²) in [4.78, 5) is 0. The van der Waals surface area contributed by atoms with Gasteiger partial charge in [0.05, 0.1) is 18.8 Å². The second kappa shape index (κ2) is 7.94. The van der Waals surface area contributed by atoms with Gasteiger partial charge in [0.2, 0.25) is 0 Å². The van der Waals surface area contributed by atoms with Crippen molar-refractivity contribution in [3.8, 4) is 0 Å². The number of aliphatic hydroxyl groups is 3. The van der Waals surface area contributed by atoms with Gasteiger partial charge in [-0.15, -0.1) is 0 Å². The zero-order valence-electron chi connectivity index (χ0n) is 7.25. The van der Waals surface area contributed by atoms with Crippen LogP contribution in [0.3, 0.4) is 0 Å². The Morgan fingerprint density at radius 2 is 1.36 bits per heavy atom. The van der Waals surface area contributed by atoms with E-state index >= 15 is 0 Å². The van der Waals surface area contributed by atoms with E-state index in [9.17, 15) is 0 Å². The number of hydrogen-bond acceptors (Lipinski definition) is 4. The van der Waals surface area contributed by atoms with Crippen molar-refractivity contribution >= 4 is 0 Å². The van der Waals surface area contributed by atoms with Crippen LogP contribution in [0.15, 0.2) is 0 Å². The van der Waals surface area contributed by atoms with Gasteiger partial charge in [-0.05, 0) is 13.3 Å². The van der Waals surface area contributed by atoms with Crippen LogP contribution in [0.1, 0.15) is 20.3 Å². The average molecular weight is 165 g/mol. The van der Waals surface area contributed by atoms with Gasteiger partial charge in [-0.1, -0.05) is 6.92 Å². The minimum absolute atomic E-state index is 0.153. The van der Waals surface area contributed by atoms with E-state index in [2.05, 4.69) is 0 Å². The summed E-state index contributed by atoms with van der Waals surface area (Å²) in [6.07, 6.45) is 0.597. The van der Waals surface area contributed by atoms with Crippen molar-refractivity contribution in [2.24, 2.45) is 5.73 Å². The standard InChI is InChI=1S/C5H13NO2.C2H6O/c1-2-5(6,3-7)4-8;1-2-3/h7-8H,2-4,6H2,1H3;3H,2H2,1H3. The average Bonchev–Trinajstić information content (AvgIpc) is 2.05. The van der Waals surface area contributed by atoms with Crippen molar-refractivity contribution in [2.45, 2.75) is 25.8 Å². The molecule has 0 aromatic heterocycles. The number of aliphatic hydroxyl groups excluding tert-OH is 3. The Labute approximate surface area is 67.7 Å². The summed E-state index contributed by atoms with van der Waals surface area (Å²) in [5, 5.41) is 24.6. The molecule has 5 N–H and O–H groups in total. The lowest BCUT2D eigenvalue weighted by Gasteiger charge is -2.21. The van der Waals surface area contributed by atoms with Gasteiger partial charge < -0.3 is 21.1 Å². The summed E-state index contributed by atoms with van der Waals surface area (Å²) in [6.45, 7) is 3.45. The largest absolute Gasteiger partial charge is 0.397 e. The molecule has 0 heterocycles. The molecule has 0 aromatic carbocycles. The molecule has 0 saturated carbocycles. The van der Waals surface area contributed by atoms with Crippen molar-refractivity contribution in [1.82, 2.24) is 0 Å². The maximum Gasteiger partial charge on any atom is 0.0633 e. The number of hydrogen-bond donors (Lipinski definition) is 4. The van der Waals surface area contributed by atoms with Crippen LogP contribution >= 0.6 is 0 Å². The first-order chi connectivity index (χ1) is 5.10. The molecule has 0 bridgehead atoms. The first-order valence-corrected chi connectivity index (χ1v) is 3.71. The molecule has 4 heteroatoms. The van der Waals surface area contributed by atoms with E-state index in [-0.39, 0.29) is 19.8 Å². The zero-order valence-corrected chi connectivity index (χ0v) is 7.25. The Hall–Kier alpha value is -0.160. The number of rotatable bonds is 3. The van der Waals surface area contributed by atoms with Gasteiger partial charge in [-0.2, -0.15) is 0 Å². The summed E-state index contributed by atoms with van der Waals surface area (Å²) in [7, 11) is 0. The van der Waals surface area contributed by atoms with Gasteiger partial charge in [0, 0.05) is 6.61 Å². The molecule has 0 aromatic rings. The molecule has 0 rings (SSSR count). The summed E-state index contributed by atoms with van der Waals surface area (Å²) in [6, 6.07) is 0. The molecule has 0 unspecified atom stereocenters. The van der Waals surface area contributed by atoms with Crippen molar-refractivity contribution < 1.29 is 15.3 Å². The predicted octanol–water partition coefficient (Wildman–Crippen LogP) is -0.923. The van der Waals surface area contributed by atoms with Gasteiger partial charge in [-0.25, -0.2) is 0 Å². The Bertz CT molecular complexity index is 65.8. The third-order valence-corrected chi connectivity index (χ3v) is 1.33. The smallest absolute Gasteiger partial charge is 0.0633 e. The van der Waals surface area contributed by atoms with Crippen molar-refractivity contribution in [3.63, 3.8) is 0 Å². The summed E-state index contributed by atoms with van der Waals surface area (Å²) < 4.78 is 0. The Balaban J connectivity index is 0. The van der Waals surface area contributed by atoms with Crippen LogP contribution in [0.2, 0.25) is 0 Å². The quantitative estimate of drug-likeness (QED) is 0.435. The van der Waals surface area contributed by atoms with Crippen LogP contribution in [0.25, 0.3) is 0 Å². The van der Waals surface area contributed by atoms with E-state index in [1.807, 2.05) is 6.92 Å². The van der Waals surface area contributed by atoms with Gasteiger partial charge in [0.15, 0.2) is 0 Å². The molecule has 0 aliphatic heterocycles. The second-order valence-electron chi connectivity index (χ2n) is 2.35. The van der Waals surface area contributed by atoms with Crippen LogP contribution < -0.4 is 5.73 Å². The lowest BCUT2D eigenvalue weighted by molar-refractivity contribution is 0.118. The van der Waals surface area contributed by atoms with E-state index in [1.165, 1.54) is 0 Å². The highest BCUT2D eigenvalue weighted by molar-refractivity contribution is 4.79. The monoisotopic (exact) mass is 165 g/mol. The molecule has 0 aliphatic rings. The first kappa shape index (κ1) is 13.4. The van der Waals surface area contributed by atoms with Gasteiger partial charge >= 0.3 is 0 Å². The lowest BCUT2D eigenvalue weighted by atomic mass is 10.0. The third kappa shape index (κ3) is 7.74. The predicted molar refractivity (Wildman–Crippen MR) is 44.1 cm³/mol. The molecule has 0 spiro atoms. The molecular formula is C7H19NO3. The molecule has 0 fully saturated rings. The fourth-order valence-corrected chi connectivity index (χ4v) is 0.274. The minimum atomic E-state index is -0.764. The highest BCUT2D eigenvalue weighted by Crippen LogP contribution is 2.01. The first-order valence-electron chi connectivity index (χ1n) is 3.71. The van der Waals surface area contributed by atoms with Crippen LogP contribution in [-0.4, -0.2) is 40.7 Å². The zero-order chi connectivity index (χ0) is 9.33. The maximum absolute atomic E-state index is 8.50. The highest BCUT2D eigenvalue weighted by Gasteiger charge is 2.19. The molecule has 0 amide bonds. The molecule has 4 nitrogen and oxygen atoms in total. The Kier molecular flexibility index (Phi) is 9.70.